The molecular weight excluding hydrogens is 316 g/mol. The lowest BCUT2D eigenvalue weighted by molar-refractivity contribution is -0.121. The van der Waals surface area contributed by atoms with E-state index in [4.69, 9.17) is 4.74 Å². The van der Waals surface area contributed by atoms with Crippen LogP contribution in [0.4, 0.5) is 11.4 Å². The molecule has 1 atom stereocenters. The number of aryl methyl sites for hydroxylation is 2. The van der Waals surface area contributed by atoms with Crippen LogP contribution in [0.2, 0.25) is 0 Å². The first-order chi connectivity index (χ1) is 12.0. The lowest BCUT2D eigenvalue weighted by Gasteiger charge is -2.20. The lowest BCUT2D eigenvalue weighted by Crippen LogP contribution is -2.35. The number of hydrogen-bond acceptors (Lipinski definition) is 4. The second-order valence-electron chi connectivity index (χ2n) is 6.14. The maximum Gasteiger partial charge on any atom is 0.256 e. The minimum atomic E-state index is -0.568. The number of hydrogen-bond donors (Lipinski definition) is 1. The molecule has 0 bridgehead atoms. The van der Waals surface area contributed by atoms with E-state index >= 15 is 0 Å². The number of rotatable bonds is 5. The molecule has 1 fully saturated rings. The van der Waals surface area contributed by atoms with Crippen molar-refractivity contribution in [3.8, 4) is 5.75 Å². The number of anilines is 2. The topological polar surface area (TPSA) is 58.6 Å². The van der Waals surface area contributed by atoms with E-state index in [1.54, 1.807) is 18.2 Å². The van der Waals surface area contributed by atoms with Gasteiger partial charge in [-0.05, 0) is 44.0 Å². The molecule has 2 amide bonds. The summed E-state index contributed by atoms with van der Waals surface area (Å²) in [5, 5.41) is 3.26. The molecule has 0 aromatic heterocycles. The van der Waals surface area contributed by atoms with Gasteiger partial charge in [0.1, 0.15) is 11.8 Å². The van der Waals surface area contributed by atoms with Crippen LogP contribution in [0.5, 0.6) is 5.75 Å². The number of para-hydroxylation sites is 3. The fourth-order valence-electron chi connectivity index (χ4n) is 3.13. The average molecular weight is 338 g/mol. The van der Waals surface area contributed by atoms with Gasteiger partial charge in [-0.25, -0.2) is 4.90 Å². The number of carbonyl (C=O) groups excluding carboxylic acids is 2. The number of imide groups is 1. The summed E-state index contributed by atoms with van der Waals surface area (Å²) in [5.74, 6) is 0.0696. The molecular formula is C20H22N2O3. The van der Waals surface area contributed by atoms with E-state index in [0.717, 1.165) is 16.8 Å². The molecule has 0 aliphatic carbocycles. The van der Waals surface area contributed by atoms with Gasteiger partial charge in [-0.3, -0.25) is 9.59 Å². The van der Waals surface area contributed by atoms with Crippen molar-refractivity contribution in [3.63, 3.8) is 0 Å². The van der Waals surface area contributed by atoms with Crippen molar-refractivity contribution in [2.45, 2.75) is 33.2 Å². The Morgan fingerprint density at radius 2 is 1.76 bits per heavy atom. The van der Waals surface area contributed by atoms with Crippen LogP contribution in [-0.4, -0.2) is 24.5 Å². The van der Waals surface area contributed by atoms with Crippen molar-refractivity contribution in [3.05, 3.63) is 53.6 Å². The Morgan fingerprint density at radius 3 is 2.44 bits per heavy atom. The molecule has 1 aliphatic heterocycles. The first kappa shape index (κ1) is 17.0. The van der Waals surface area contributed by atoms with Crippen molar-refractivity contribution in [1.29, 1.82) is 0 Å². The van der Waals surface area contributed by atoms with Gasteiger partial charge >= 0.3 is 0 Å². The Morgan fingerprint density at radius 1 is 1.08 bits per heavy atom. The van der Waals surface area contributed by atoms with E-state index in [2.05, 4.69) is 5.32 Å². The molecule has 5 heteroatoms. The van der Waals surface area contributed by atoms with Gasteiger partial charge in [-0.1, -0.05) is 30.3 Å². The molecule has 2 aromatic rings. The molecule has 2 aromatic carbocycles. The number of carbonyl (C=O) groups is 2. The molecule has 0 unspecified atom stereocenters. The third-order valence-electron chi connectivity index (χ3n) is 4.35. The van der Waals surface area contributed by atoms with E-state index in [0.29, 0.717) is 18.0 Å². The van der Waals surface area contributed by atoms with Gasteiger partial charge < -0.3 is 10.1 Å². The minimum absolute atomic E-state index is 0.132. The van der Waals surface area contributed by atoms with E-state index in [9.17, 15) is 9.59 Å². The molecule has 1 saturated heterocycles. The largest absolute Gasteiger partial charge is 0.492 e. The monoisotopic (exact) mass is 338 g/mol. The molecule has 130 valence electrons. The van der Waals surface area contributed by atoms with Crippen molar-refractivity contribution in [2.24, 2.45) is 0 Å². The van der Waals surface area contributed by atoms with Crippen molar-refractivity contribution >= 4 is 23.2 Å². The Kier molecular flexibility index (Phi) is 4.74. The summed E-state index contributed by atoms with van der Waals surface area (Å²) >= 11 is 0. The highest BCUT2D eigenvalue weighted by Gasteiger charge is 2.41. The highest BCUT2D eigenvalue weighted by molar-refractivity contribution is 6.23. The molecule has 1 N–H and O–H groups in total. The summed E-state index contributed by atoms with van der Waals surface area (Å²) < 4.78 is 5.57. The maximum atomic E-state index is 12.9. The van der Waals surface area contributed by atoms with Crippen LogP contribution >= 0.6 is 0 Å². The third kappa shape index (κ3) is 3.22. The first-order valence-corrected chi connectivity index (χ1v) is 8.44. The molecule has 3 rings (SSSR count). The average Bonchev–Trinajstić information content (AvgIpc) is 2.86. The van der Waals surface area contributed by atoms with Gasteiger partial charge in [-0.15, -0.1) is 0 Å². The van der Waals surface area contributed by atoms with Gasteiger partial charge in [0, 0.05) is 5.69 Å². The first-order valence-electron chi connectivity index (χ1n) is 8.44. The smallest absolute Gasteiger partial charge is 0.256 e. The Hall–Kier alpha value is -2.82. The molecule has 25 heavy (non-hydrogen) atoms. The second-order valence-corrected chi connectivity index (χ2v) is 6.14. The molecule has 5 nitrogen and oxygen atoms in total. The molecule has 0 spiro atoms. The Labute approximate surface area is 147 Å². The number of nitrogens with one attached hydrogen (secondary N) is 1. The summed E-state index contributed by atoms with van der Waals surface area (Å²) in [7, 11) is 0. The Balaban J connectivity index is 1.89. The van der Waals surface area contributed by atoms with E-state index < -0.39 is 6.04 Å². The number of benzene rings is 2. The van der Waals surface area contributed by atoms with Crippen LogP contribution in [0.3, 0.4) is 0 Å². The second kappa shape index (κ2) is 6.97. The Bertz CT molecular complexity index is 796. The summed E-state index contributed by atoms with van der Waals surface area (Å²) in [6.07, 6.45) is 0.132. The number of amides is 2. The molecule has 0 radical (unpaired) electrons. The van der Waals surface area contributed by atoms with E-state index in [-0.39, 0.29) is 18.2 Å². The third-order valence-corrected chi connectivity index (χ3v) is 4.35. The van der Waals surface area contributed by atoms with Crippen LogP contribution in [0.1, 0.15) is 24.5 Å². The van der Waals surface area contributed by atoms with Crippen molar-refractivity contribution < 1.29 is 14.3 Å². The lowest BCUT2D eigenvalue weighted by atomic mass is 10.1. The standard InChI is InChI=1S/C20H22N2O3/c1-4-25-17-11-6-5-10-16(17)22-18(23)12-15(20(22)24)21-19-13(2)8-7-9-14(19)3/h5-11,15,21H,4,12H2,1-3H3/t15-/m1/s1. The zero-order valence-corrected chi connectivity index (χ0v) is 14.7. The van der Waals surface area contributed by atoms with Gasteiger partial charge in [0.2, 0.25) is 5.91 Å². The summed E-state index contributed by atoms with van der Waals surface area (Å²) in [6, 6.07) is 12.5. The van der Waals surface area contributed by atoms with Crippen molar-refractivity contribution in [1.82, 2.24) is 0 Å². The van der Waals surface area contributed by atoms with E-state index in [1.807, 2.05) is 45.0 Å². The number of ether oxygens (including phenoxy) is 1. The molecule has 0 saturated carbocycles. The van der Waals surface area contributed by atoms with Crippen LogP contribution in [0.25, 0.3) is 0 Å². The zero-order chi connectivity index (χ0) is 18.0. The summed E-state index contributed by atoms with van der Waals surface area (Å²) in [6.45, 7) is 6.31. The van der Waals surface area contributed by atoms with Crippen LogP contribution < -0.4 is 15.0 Å². The molecule has 1 heterocycles. The zero-order valence-electron chi connectivity index (χ0n) is 14.7. The highest BCUT2D eigenvalue weighted by Crippen LogP contribution is 2.33. The van der Waals surface area contributed by atoms with Crippen LogP contribution in [-0.2, 0) is 9.59 Å². The highest BCUT2D eigenvalue weighted by atomic mass is 16.5. The van der Waals surface area contributed by atoms with Crippen molar-refractivity contribution in [2.75, 3.05) is 16.8 Å². The number of nitrogens with zero attached hydrogens (tertiary/aromatic N) is 1. The SMILES string of the molecule is CCOc1ccccc1N1C(=O)C[C@@H](Nc2c(C)cccc2C)C1=O. The fraction of sp³-hybridized carbons (Fsp3) is 0.300. The fourth-order valence-corrected chi connectivity index (χ4v) is 3.13. The van der Waals surface area contributed by atoms with E-state index in [1.165, 1.54) is 4.90 Å². The van der Waals surface area contributed by atoms with Gasteiger partial charge in [0.05, 0.1) is 18.7 Å². The molecule has 1 aliphatic rings. The van der Waals surface area contributed by atoms with Crippen LogP contribution in [0.15, 0.2) is 42.5 Å². The predicted octanol–water partition coefficient (Wildman–Crippen LogP) is 3.45. The van der Waals surface area contributed by atoms with Gasteiger partial charge in [0.15, 0.2) is 0 Å². The summed E-state index contributed by atoms with van der Waals surface area (Å²) in [5.41, 5.74) is 3.51. The van der Waals surface area contributed by atoms with Gasteiger partial charge in [-0.2, -0.15) is 0 Å². The van der Waals surface area contributed by atoms with Crippen LogP contribution in [0, 0.1) is 13.8 Å². The van der Waals surface area contributed by atoms with Gasteiger partial charge in [0.25, 0.3) is 5.91 Å². The minimum Gasteiger partial charge on any atom is -0.492 e. The normalized spacial score (nSPS) is 17.1. The maximum absolute atomic E-state index is 12.9. The summed E-state index contributed by atoms with van der Waals surface area (Å²) in [4.78, 5) is 26.6. The predicted molar refractivity (Wildman–Crippen MR) is 98.0 cm³/mol. The quantitative estimate of drug-likeness (QED) is 0.849.